The molecule has 3 nitrogen and oxygen atoms in total. The molecule has 0 radical (unpaired) electrons. The molecule has 1 aliphatic carbocycles. The Bertz CT molecular complexity index is 469. The smallest absolute Gasteiger partial charge is 0.252 e. The highest BCUT2D eigenvalue weighted by atomic mass is 35.5. The van der Waals surface area contributed by atoms with Gasteiger partial charge < -0.3 is 10.8 Å². The first-order valence-electron chi connectivity index (χ1n) is 5.36. The molecule has 1 amide bonds. The molecule has 1 aromatic rings. The van der Waals surface area contributed by atoms with Crippen molar-refractivity contribution in [2.45, 2.75) is 32.6 Å². The molecule has 16 heavy (non-hydrogen) atoms. The number of rotatable bonds is 1. The highest BCUT2D eigenvalue weighted by Crippen LogP contribution is 2.39. The van der Waals surface area contributed by atoms with Gasteiger partial charge in [-0.1, -0.05) is 11.6 Å². The van der Waals surface area contributed by atoms with Gasteiger partial charge in [0.1, 0.15) is 5.75 Å². The van der Waals surface area contributed by atoms with Crippen LogP contribution in [0, 0.1) is 6.92 Å². The van der Waals surface area contributed by atoms with Crippen molar-refractivity contribution in [3.8, 4) is 5.75 Å². The summed E-state index contributed by atoms with van der Waals surface area (Å²) in [6, 6.07) is 0. The summed E-state index contributed by atoms with van der Waals surface area (Å²) in [6.07, 6.45) is 3.93. The maximum atomic E-state index is 11.3. The number of benzene rings is 1. The minimum absolute atomic E-state index is 0.160. The molecule has 0 aromatic heterocycles. The van der Waals surface area contributed by atoms with E-state index in [1.54, 1.807) is 0 Å². The van der Waals surface area contributed by atoms with E-state index in [9.17, 15) is 9.90 Å². The number of phenols is 1. The van der Waals surface area contributed by atoms with Crippen molar-refractivity contribution < 1.29 is 9.90 Å². The van der Waals surface area contributed by atoms with Crippen molar-refractivity contribution >= 4 is 17.5 Å². The highest BCUT2D eigenvalue weighted by Gasteiger charge is 2.24. The molecule has 4 heteroatoms. The number of primary amides is 1. The Balaban J connectivity index is 2.75. The first-order chi connectivity index (χ1) is 7.54. The zero-order chi connectivity index (χ0) is 11.9. The Labute approximate surface area is 99.2 Å². The summed E-state index contributed by atoms with van der Waals surface area (Å²) in [6.45, 7) is 1.82. The van der Waals surface area contributed by atoms with E-state index >= 15 is 0 Å². The van der Waals surface area contributed by atoms with E-state index in [0.717, 1.165) is 42.4 Å². The van der Waals surface area contributed by atoms with E-state index in [1.807, 2.05) is 6.92 Å². The molecule has 0 unspecified atom stereocenters. The summed E-state index contributed by atoms with van der Waals surface area (Å²) in [5.74, 6) is -0.780. The van der Waals surface area contributed by atoms with Crippen LogP contribution in [0.25, 0.3) is 0 Å². The average Bonchev–Trinajstić information content (AvgIpc) is 2.26. The Morgan fingerprint density at radius 2 is 1.88 bits per heavy atom. The Morgan fingerprint density at radius 3 is 2.44 bits per heavy atom. The summed E-state index contributed by atoms with van der Waals surface area (Å²) >= 11 is 6.07. The van der Waals surface area contributed by atoms with Crippen LogP contribution in [0.5, 0.6) is 5.75 Å². The molecule has 1 aliphatic rings. The molecule has 2 rings (SSSR count). The molecule has 0 bridgehead atoms. The summed E-state index contributed by atoms with van der Waals surface area (Å²) in [5, 5.41) is 10.2. The van der Waals surface area contributed by atoms with E-state index in [0.29, 0.717) is 5.02 Å². The lowest BCUT2D eigenvalue weighted by Gasteiger charge is -2.22. The average molecular weight is 240 g/mol. The Hall–Kier alpha value is -1.22. The van der Waals surface area contributed by atoms with Crippen LogP contribution in [0.4, 0.5) is 0 Å². The van der Waals surface area contributed by atoms with Crippen LogP contribution in [-0.2, 0) is 12.8 Å². The number of aromatic hydroxyl groups is 1. The molecule has 3 N–H and O–H groups in total. The summed E-state index contributed by atoms with van der Waals surface area (Å²) in [4.78, 5) is 11.3. The zero-order valence-electron chi connectivity index (χ0n) is 9.14. The molecule has 0 spiro atoms. The third kappa shape index (κ3) is 1.55. The van der Waals surface area contributed by atoms with E-state index in [-0.39, 0.29) is 11.3 Å². The summed E-state index contributed by atoms with van der Waals surface area (Å²) in [5.41, 5.74) is 8.28. The second kappa shape index (κ2) is 3.98. The number of amides is 1. The van der Waals surface area contributed by atoms with Crippen molar-refractivity contribution in [1.82, 2.24) is 0 Å². The molecule has 1 aromatic carbocycles. The van der Waals surface area contributed by atoms with Crippen molar-refractivity contribution in [3.05, 3.63) is 27.3 Å². The highest BCUT2D eigenvalue weighted by molar-refractivity contribution is 6.33. The third-order valence-corrected chi connectivity index (χ3v) is 3.66. The number of nitrogens with two attached hydrogens (primary N) is 1. The van der Waals surface area contributed by atoms with Crippen molar-refractivity contribution in [3.63, 3.8) is 0 Å². The minimum Gasteiger partial charge on any atom is -0.506 e. The fraction of sp³-hybridized carbons (Fsp3) is 0.417. The number of fused-ring (bicyclic) bond motifs is 1. The number of carbonyl (C=O) groups excluding carboxylic acids is 1. The molecule has 0 fully saturated rings. The van der Waals surface area contributed by atoms with Gasteiger partial charge in [0.05, 0.1) is 10.6 Å². The SMILES string of the molecule is Cc1c2c(c(Cl)c(O)c1C(N)=O)CCCC2. The first kappa shape index (κ1) is 11.3. The van der Waals surface area contributed by atoms with Crippen LogP contribution >= 0.6 is 11.6 Å². The predicted molar refractivity (Wildman–Crippen MR) is 63.0 cm³/mol. The maximum absolute atomic E-state index is 11.3. The van der Waals surface area contributed by atoms with Crippen LogP contribution < -0.4 is 5.73 Å². The van der Waals surface area contributed by atoms with Crippen LogP contribution in [0.2, 0.25) is 5.02 Å². The van der Waals surface area contributed by atoms with Gasteiger partial charge >= 0.3 is 0 Å². The first-order valence-corrected chi connectivity index (χ1v) is 5.74. The minimum atomic E-state index is -0.620. The Morgan fingerprint density at radius 1 is 1.31 bits per heavy atom. The molecular formula is C12H14ClNO2. The fourth-order valence-corrected chi connectivity index (χ4v) is 2.75. The van der Waals surface area contributed by atoms with Crippen LogP contribution in [-0.4, -0.2) is 11.0 Å². The third-order valence-electron chi connectivity index (χ3n) is 3.25. The lowest BCUT2D eigenvalue weighted by Crippen LogP contribution is -2.17. The molecule has 0 saturated carbocycles. The summed E-state index contributed by atoms with van der Waals surface area (Å²) < 4.78 is 0. The number of halogens is 1. The van der Waals surface area contributed by atoms with E-state index < -0.39 is 5.91 Å². The van der Waals surface area contributed by atoms with E-state index in [4.69, 9.17) is 17.3 Å². The number of hydrogen-bond donors (Lipinski definition) is 2. The largest absolute Gasteiger partial charge is 0.506 e. The topological polar surface area (TPSA) is 63.3 Å². The fourth-order valence-electron chi connectivity index (χ4n) is 2.44. The molecule has 0 heterocycles. The van der Waals surface area contributed by atoms with Gasteiger partial charge in [-0.15, -0.1) is 0 Å². The molecule has 0 saturated heterocycles. The van der Waals surface area contributed by atoms with Gasteiger partial charge in [0, 0.05) is 0 Å². The van der Waals surface area contributed by atoms with E-state index in [2.05, 4.69) is 0 Å². The van der Waals surface area contributed by atoms with Crippen LogP contribution in [0.15, 0.2) is 0 Å². The second-order valence-electron chi connectivity index (χ2n) is 4.19. The van der Waals surface area contributed by atoms with Gasteiger partial charge in [-0.2, -0.15) is 0 Å². The lowest BCUT2D eigenvalue weighted by atomic mass is 9.85. The van der Waals surface area contributed by atoms with Crippen LogP contribution in [0.3, 0.4) is 0 Å². The quantitative estimate of drug-likeness (QED) is 0.790. The molecule has 0 aliphatic heterocycles. The van der Waals surface area contributed by atoms with Crippen LogP contribution in [0.1, 0.15) is 39.9 Å². The molecular weight excluding hydrogens is 226 g/mol. The molecule has 0 atom stereocenters. The van der Waals surface area contributed by atoms with Gasteiger partial charge in [0.2, 0.25) is 0 Å². The maximum Gasteiger partial charge on any atom is 0.252 e. The van der Waals surface area contributed by atoms with Gasteiger partial charge in [-0.3, -0.25) is 4.79 Å². The number of hydrogen-bond acceptors (Lipinski definition) is 2. The second-order valence-corrected chi connectivity index (χ2v) is 4.57. The van der Waals surface area contributed by atoms with Gasteiger partial charge in [-0.05, 0) is 49.3 Å². The molecule has 86 valence electrons. The lowest BCUT2D eigenvalue weighted by molar-refractivity contribution is 0.0997. The Kier molecular flexibility index (Phi) is 2.80. The monoisotopic (exact) mass is 239 g/mol. The van der Waals surface area contributed by atoms with Crippen molar-refractivity contribution in [2.24, 2.45) is 5.73 Å². The number of carbonyl (C=O) groups is 1. The van der Waals surface area contributed by atoms with E-state index in [1.165, 1.54) is 0 Å². The van der Waals surface area contributed by atoms with Crippen molar-refractivity contribution in [2.75, 3.05) is 0 Å². The van der Waals surface area contributed by atoms with Gasteiger partial charge in [-0.25, -0.2) is 0 Å². The normalized spacial score (nSPS) is 14.6. The van der Waals surface area contributed by atoms with Gasteiger partial charge in [0.25, 0.3) is 5.91 Å². The van der Waals surface area contributed by atoms with Gasteiger partial charge in [0.15, 0.2) is 0 Å². The zero-order valence-corrected chi connectivity index (χ0v) is 9.90. The van der Waals surface area contributed by atoms with Crippen molar-refractivity contribution in [1.29, 1.82) is 0 Å². The predicted octanol–water partition coefficient (Wildman–Crippen LogP) is 2.33. The summed E-state index contributed by atoms with van der Waals surface area (Å²) in [7, 11) is 0. The standard InChI is InChI=1S/C12H14ClNO2/c1-6-7-4-2-3-5-8(7)10(13)11(15)9(6)12(14)16/h15H,2-5H2,1H3,(H2,14,16).